The zero-order valence-electron chi connectivity index (χ0n) is 11.3. The molecule has 1 aromatic carbocycles. The smallest absolute Gasteiger partial charge is 0.251 e. The first-order valence-corrected chi connectivity index (χ1v) is 6.91. The van der Waals surface area contributed by atoms with E-state index >= 15 is 0 Å². The van der Waals surface area contributed by atoms with Crippen molar-refractivity contribution in [1.29, 1.82) is 0 Å². The van der Waals surface area contributed by atoms with E-state index in [9.17, 15) is 4.79 Å². The number of nitrogens with zero attached hydrogens (tertiary/aromatic N) is 1. The molecular formula is C14H17N3OS. The Hall–Kier alpha value is -1.88. The van der Waals surface area contributed by atoms with Gasteiger partial charge in [0, 0.05) is 22.3 Å². The molecule has 2 rings (SSSR count). The van der Waals surface area contributed by atoms with Crippen LogP contribution in [0.15, 0.2) is 17.5 Å². The highest BCUT2D eigenvalue weighted by Crippen LogP contribution is 2.18. The van der Waals surface area contributed by atoms with E-state index in [1.54, 1.807) is 17.4 Å². The van der Waals surface area contributed by atoms with Crippen LogP contribution in [-0.4, -0.2) is 10.9 Å². The molecule has 0 unspecified atom stereocenters. The number of nitrogens with two attached hydrogens (primary N) is 1. The molecule has 0 spiro atoms. The molecule has 0 saturated heterocycles. The summed E-state index contributed by atoms with van der Waals surface area (Å²) in [5.41, 5.74) is 10.0. The maximum absolute atomic E-state index is 12.1. The second-order valence-corrected chi connectivity index (χ2v) is 5.53. The van der Waals surface area contributed by atoms with E-state index in [0.29, 0.717) is 17.8 Å². The number of amides is 1. The lowest BCUT2D eigenvalue weighted by Gasteiger charge is -2.09. The third kappa shape index (κ3) is 3.12. The van der Waals surface area contributed by atoms with E-state index in [1.165, 1.54) is 0 Å². The molecule has 0 bridgehead atoms. The number of aryl methyl sites for hydroxylation is 3. The number of carbonyl (C=O) groups is 1. The first-order valence-electron chi connectivity index (χ1n) is 6.03. The van der Waals surface area contributed by atoms with E-state index in [1.807, 2.05) is 32.2 Å². The maximum atomic E-state index is 12.1. The Bertz CT molecular complexity index is 619. The van der Waals surface area contributed by atoms with Crippen molar-refractivity contribution in [2.24, 2.45) is 0 Å². The number of nitrogen functional groups attached to an aromatic ring is 1. The largest absolute Gasteiger partial charge is 0.398 e. The van der Waals surface area contributed by atoms with Crippen molar-refractivity contribution < 1.29 is 4.79 Å². The second-order valence-electron chi connectivity index (χ2n) is 4.59. The van der Waals surface area contributed by atoms with E-state index < -0.39 is 0 Å². The summed E-state index contributed by atoms with van der Waals surface area (Å²) in [7, 11) is 0. The van der Waals surface area contributed by atoms with Gasteiger partial charge in [-0.1, -0.05) is 6.07 Å². The fourth-order valence-electron chi connectivity index (χ4n) is 1.85. The molecule has 0 radical (unpaired) electrons. The molecule has 1 amide bonds. The molecule has 0 aliphatic rings. The Balaban J connectivity index is 2.10. The van der Waals surface area contributed by atoms with Crippen molar-refractivity contribution in [2.45, 2.75) is 27.3 Å². The number of rotatable bonds is 3. The Labute approximate surface area is 116 Å². The van der Waals surface area contributed by atoms with Crippen LogP contribution in [-0.2, 0) is 6.54 Å². The van der Waals surface area contributed by atoms with Crippen molar-refractivity contribution in [3.63, 3.8) is 0 Å². The van der Waals surface area contributed by atoms with Gasteiger partial charge < -0.3 is 11.1 Å². The number of nitrogens with one attached hydrogen (secondary N) is 1. The third-order valence-corrected chi connectivity index (χ3v) is 3.89. The lowest BCUT2D eigenvalue weighted by molar-refractivity contribution is 0.0950. The molecule has 1 aromatic heterocycles. The van der Waals surface area contributed by atoms with Gasteiger partial charge in [0.1, 0.15) is 5.01 Å². The molecule has 2 aromatic rings. The van der Waals surface area contributed by atoms with Crippen LogP contribution in [0.4, 0.5) is 5.69 Å². The highest BCUT2D eigenvalue weighted by Gasteiger charge is 2.11. The predicted molar refractivity (Wildman–Crippen MR) is 78.3 cm³/mol. The van der Waals surface area contributed by atoms with Gasteiger partial charge in [0.25, 0.3) is 5.91 Å². The average molecular weight is 275 g/mol. The molecule has 1 heterocycles. The molecule has 19 heavy (non-hydrogen) atoms. The topological polar surface area (TPSA) is 68.0 Å². The zero-order chi connectivity index (χ0) is 14.0. The number of thiazole rings is 1. The van der Waals surface area contributed by atoms with Crippen LogP contribution in [0.3, 0.4) is 0 Å². The third-order valence-electron chi connectivity index (χ3n) is 2.92. The van der Waals surface area contributed by atoms with Gasteiger partial charge in [-0.15, -0.1) is 11.3 Å². The van der Waals surface area contributed by atoms with Gasteiger partial charge in [-0.3, -0.25) is 4.79 Å². The van der Waals surface area contributed by atoms with Gasteiger partial charge in [0.05, 0.1) is 6.54 Å². The lowest BCUT2D eigenvalue weighted by Crippen LogP contribution is -2.23. The van der Waals surface area contributed by atoms with E-state index in [2.05, 4.69) is 10.3 Å². The minimum absolute atomic E-state index is 0.114. The fourth-order valence-corrected chi connectivity index (χ4v) is 2.56. The van der Waals surface area contributed by atoms with Crippen molar-refractivity contribution >= 4 is 22.9 Å². The summed E-state index contributed by atoms with van der Waals surface area (Å²) < 4.78 is 0. The van der Waals surface area contributed by atoms with Crippen molar-refractivity contribution in [3.05, 3.63) is 44.9 Å². The first-order chi connectivity index (χ1) is 8.97. The molecule has 3 N–H and O–H groups in total. The summed E-state index contributed by atoms with van der Waals surface area (Å²) in [6.45, 7) is 6.23. The molecular weight excluding hydrogens is 258 g/mol. The summed E-state index contributed by atoms with van der Waals surface area (Å²) in [5.74, 6) is -0.114. The standard InChI is InChI=1S/C14H17N3OS/c1-8-4-9(2)12(15)5-11(8)14(18)16-6-13-17-10(3)7-19-13/h4-5,7H,6,15H2,1-3H3,(H,16,18). The predicted octanol–water partition coefficient (Wildman–Crippen LogP) is 2.58. The summed E-state index contributed by atoms with van der Waals surface area (Å²) in [5, 5.41) is 5.74. The monoisotopic (exact) mass is 275 g/mol. The summed E-state index contributed by atoms with van der Waals surface area (Å²) in [6.07, 6.45) is 0. The summed E-state index contributed by atoms with van der Waals surface area (Å²) in [6, 6.07) is 3.66. The Morgan fingerprint density at radius 3 is 2.68 bits per heavy atom. The molecule has 0 atom stereocenters. The summed E-state index contributed by atoms with van der Waals surface area (Å²) >= 11 is 1.55. The van der Waals surface area contributed by atoms with Gasteiger partial charge in [-0.05, 0) is 38.0 Å². The molecule has 0 saturated carbocycles. The van der Waals surface area contributed by atoms with Gasteiger partial charge in [-0.25, -0.2) is 4.98 Å². The number of hydrogen-bond donors (Lipinski definition) is 2. The highest BCUT2D eigenvalue weighted by atomic mass is 32.1. The van der Waals surface area contributed by atoms with E-state index in [4.69, 9.17) is 5.73 Å². The maximum Gasteiger partial charge on any atom is 0.251 e. The second kappa shape index (κ2) is 5.40. The van der Waals surface area contributed by atoms with Crippen LogP contribution in [0, 0.1) is 20.8 Å². The van der Waals surface area contributed by atoms with Crippen molar-refractivity contribution in [1.82, 2.24) is 10.3 Å². The van der Waals surface area contributed by atoms with Crippen LogP contribution in [0.25, 0.3) is 0 Å². The minimum Gasteiger partial charge on any atom is -0.398 e. The van der Waals surface area contributed by atoms with E-state index in [0.717, 1.165) is 21.8 Å². The molecule has 4 nitrogen and oxygen atoms in total. The normalized spacial score (nSPS) is 10.5. The zero-order valence-corrected chi connectivity index (χ0v) is 12.1. The van der Waals surface area contributed by atoms with Gasteiger partial charge in [-0.2, -0.15) is 0 Å². The highest BCUT2D eigenvalue weighted by molar-refractivity contribution is 7.09. The Kier molecular flexibility index (Phi) is 3.85. The quantitative estimate of drug-likeness (QED) is 0.846. The summed E-state index contributed by atoms with van der Waals surface area (Å²) in [4.78, 5) is 16.4. The number of carbonyl (C=O) groups excluding carboxylic acids is 1. The van der Waals surface area contributed by atoms with Crippen LogP contribution >= 0.6 is 11.3 Å². The number of benzene rings is 1. The number of anilines is 1. The van der Waals surface area contributed by atoms with Crippen molar-refractivity contribution in [2.75, 3.05) is 5.73 Å². The minimum atomic E-state index is -0.114. The lowest BCUT2D eigenvalue weighted by atomic mass is 10.0. The molecule has 5 heteroatoms. The molecule has 100 valence electrons. The van der Waals surface area contributed by atoms with Crippen molar-refractivity contribution in [3.8, 4) is 0 Å². The number of aromatic nitrogens is 1. The van der Waals surface area contributed by atoms with Gasteiger partial charge in [0.15, 0.2) is 0 Å². The Morgan fingerprint density at radius 2 is 2.05 bits per heavy atom. The molecule has 0 fully saturated rings. The van der Waals surface area contributed by atoms with E-state index in [-0.39, 0.29) is 5.91 Å². The van der Waals surface area contributed by atoms with Crippen LogP contribution < -0.4 is 11.1 Å². The Morgan fingerprint density at radius 1 is 1.32 bits per heavy atom. The van der Waals surface area contributed by atoms with Gasteiger partial charge in [0.2, 0.25) is 0 Å². The SMILES string of the molecule is Cc1csc(CNC(=O)c2cc(N)c(C)cc2C)n1. The van der Waals surface area contributed by atoms with Crippen LogP contribution in [0.2, 0.25) is 0 Å². The first kappa shape index (κ1) is 13.5. The van der Waals surface area contributed by atoms with Gasteiger partial charge >= 0.3 is 0 Å². The number of hydrogen-bond acceptors (Lipinski definition) is 4. The molecule has 0 aliphatic carbocycles. The fraction of sp³-hybridized carbons (Fsp3) is 0.286. The van der Waals surface area contributed by atoms with Crippen LogP contribution in [0.1, 0.15) is 32.2 Å². The average Bonchev–Trinajstić information content (AvgIpc) is 2.77. The molecule has 0 aliphatic heterocycles. The van der Waals surface area contributed by atoms with Crippen LogP contribution in [0.5, 0.6) is 0 Å².